The minimum absolute atomic E-state index is 0.575. The van der Waals surface area contributed by atoms with E-state index in [1.54, 1.807) is 0 Å². The molecule has 0 radical (unpaired) electrons. The second-order valence-corrected chi connectivity index (χ2v) is 11.7. The van der Waals surface area contributed by atoms with Crippen molar-refractivity contribution in [2.24, 2.45) is 0 Å². The van der Waals surface area contributed by atoms with E-state index >= 15 is 0 Å². The molecule has 31 heavy (non-hydrogen) atoms. The van der Waals surface area contributed by atoms with E-state index in [4.69, 9.17) is 9.97 Å². The van der Waals surface area contributed by atoms with Gasteiger partial charge in [0.25, 0.3) is 0 Å². The Hall–Kier alpha value is -0.910. The summed E-state index contributed by atoms with van der Waals surface area (Å²) in [7, 11) is 0. The van der Waals surface area contributed by atoms with Gasteiger partial charge in [-0.3, -0.25) is 9.97 Å². The number of nitrogens with one attached hydrogen (secondary N) is 1. The van der Waals surface area contributed by atoms with Crippen LogP contribution >= 0.6 is 22.6 Å². The normalized spacial score (nSPS) is 25.3. The van der Waals surface area contributed by atoms with E-state index < -0.39 is 0 Å². The van der Waals surface area contributed by atoms with Crippen LogP contribution in [-0.2, 0) is 0 Å². The molecule has 0 amide bonds. The topological polar surface area (TPSA) is 37.8 Å². The van der Waals surface area contributed by atoms with E-state index in [1.165, 1.54) is 114 Å². The number of halogens is 1. The van der Waals surface area contributed by atoms with Crippen molar-refractivity contribution in [1.29, 1.82) is 0 Å². The van der Waals surface area contributed by atoms with E-state index in [9.17, 15) is 0 Å². The molecular weight excluding hydrogens is 493 g/mol. The van der Waals surface area contributed by atoms with Crippen LogP contribution in [0.15, 0.2) is 24.5 Å². The summed E-state index contributed by atoms with van der Waals surface area (Å²) in [5, 5.41) is 3.89. The summed E-state index contributed by atoms with van der Waals surface area (Å²) >= 11 is 2.62. The van der Waals surface area contributed by atoms with Gasteiger partial charge >= 0.3 is 0 Å². The SMILES string of the molecule is I[C@H]1CC[C@@H](Nc2cc(C3CCCCCCCCCCCC3)cc3nccnc23)CC1. The molecule has 2 fully saturated rings. The van der Waals surface area contributed by atoms with Gasteiger partial charge in [-0.05, 0) is 62.1 Å². The smallest absolute Gasteiger partial charge is 0.112 e. The fraction of sp³-hybridized carbons (Fsp3) is 0.704. The Balaban J connectivity index is 1.54. The second kappa shape index (κ2) is 12.4. The van der Waals surface area contributed by atoms with Crippen molar-refractivity contribution in [1.82, 2.24) is 9.97 Å². The van der Waals surface area contributed by atoms with E-state index in [0.717, 1.165) is 15.0 Å². The van der Waals surface area contributed by atoms with Crippen LogP contribution in [0.25, 0.3) is 11.0 Å². The van der Waals surface area contributed by atoms with Gasteiger partial charge in [0, 0.05) is 22.4 Å². The fourth-order valence-corrected chi connectivity index (χ4v) is 6.25. The Morgan fingerprint density at radius 2 is 1.26 bits per heavy atom. The van der Waals surface area contributed by atoms with E-state index in [0.29, 0.717) is 12.0 Å². The number of nitrogens with zero attached hydrogens (tertiary/aromatic N) is 2. The summed E-state index contributed by atoms with van der Waals surface area (Å²) in [5.74, 6) is 0.665. The van der Waals surface area contributed by atoms with Gasteiger partial charge in [-0.15, -0.1) is 0 Å². The molecule has 0 unspecified atom stereocenters. The van der Waals surface area contributed by atoms with Gasteiger partial charge in [-0.25, -0.2) is 0 Å². The number of aromatic nitrogens is 2. The van der Waals surface area contributed by atoms with Crippen LogP contribution in [0, 0.1) is 0 Å². The molecule has 1 aromatic carbocycles. The molecule has 0 aliphatic heterocycles. The third-order valence-corrected chi connectivity index (χ3v) is 8.68. The lowest BCUT2D eigenvalue weighted by Gasteiger charge is -2.28. The van der Waals surface area contributed by atoms with Crippen molar-refractivity contribution in [2.45, 2.75) is 119 Å². The van der Waals surface area contributed by atoms with E-state index in [1.807, 2.05) is 12.4 Å². The lowest BCUT2D eigenvalue weighted by molar-refractivity contribution is 0.482. The van der Waals surface area contributed by atoms with Gasteiger partial charge in [-0.1, -0.05) is 86.8 Å². The predicted octanol–water partition coefficient (Wildman–Crippen LogP) is 8.57. The van der Waals surface area contributed by atoms with Crippen molar-refractivity contribution in [3.63, 3.8) is 0 Å². The Bertz CT molecular complexity index is 786. The van der Waals surface area contributed by atoms with Gasteiger partial charge in [-0.2, -0.15) is 0 Å². The lowest BCUT2D eigenvalue weighted by atomic mass is 9.87. The molecule has 4 heteroatoms. The van der Waals surface area contributed by atoms with Gasteiger partial charge in [0.1, 0.15) is 5.52 Å². The van der Waals surface area contributed by atoms with Crippen LogP contribution in [0.4, 0.5) is 5.69 Å². The van der Waals surface area contributed by atoms with Crippen molar-refractivity contribution >= 4 is 39.3 Å². The molecule has 2 aromatic rings. The highest BCUT2D eigenvalue weighted by Gasteiger charge is 2.21. The average Bonchev–Trinajstić information content (AvgIpc) is 2.82. The van der Waals surface area contributed by atoms with Crippen molar-refractivity contribution in [3.8, 4) is 0 Å². The molecule has 0 bridgehead atoms. The summed E-state index contributed by atoms with van der Waals surface area (Å²) < 4.78 is 0.846. The molecule has 2 saturated carbocycles. The Morgan fingerprint density at radius 1 is 0.677 bits per heavy atom. The molecule has 2 aliphatic rings. The highest BCUT2D eigenvalue weighted by molar-refractivity contribution is 14.1. The third kappa shape index (κ3) is 7.03. The summed E-state index contributed by atoms with van der Waals surface area (Å²) in [6.45, 7) is 0. The standard InChI is InChI=1S/C27H40IN3/c28-23-13-15-24(16-14-23)31-26-20-22(19-25-27(26)30-18-17-29-25)21-11-9-7-5-3-1-2-4-6-8-10-12-21/h17-21,23-24,31H,1-16H2/t23-,24+. The molecule has 1 aromatic heterocycles. The number of fused-ring (bicyclic) bond motifs is 1. The van der Waals surface area contributed by atoms with Gasteiger partial charge in [0.2, 0.25) is 0 Å². The number of rotatable bonds is 3. The Kier molecular flexibility index (Phi) is 9.27. The van der Waals surface area contributed by atoms with Crippen LogP contribution in [-0.4, -0.2) is 19.9 Å². The van der Waals surface area contributed by atoms with Crippen LogP contribution in [0.1, 0.15) is 114 Å². The summed E-state index contributed by atoms with van der Waals surface area (Å²) in [5.41, 5.74) is 4.83. The van der Waals surface area contributed by atoms with Gasteiger partial charge < -0.3 is 5.32 Å². The number of benzene rings is 1. The van der Waals surface area contributed by atoms with Crippen LogP contribution in [0.2, 0.25) is 0 Å². The minimum atomic E-state index is 0.575. The zero-order valence-corrected chi connectivity index (χ0v) is 21.3. The molecule has 1 heterocycles. The van der Waals surface area contributed by atoms with Gasteiger partial charge in [0.15, 0.2) is 0 Å². The molecule has 0 atom stereocenters. The maximum absolute atomic E-state index is 4.72. The third-order valence-electron chi connectivity index (χ3n) is 7.44. The average molecular weight is 534 g/mol. The molecule has 1 N–H and O–H groups in total. The molecule has 2 aliphatic carbocycles. The van der Waals surface area contributed by atoms with E-state index in [-0.39, 0.29) is 0 Å². The second-order valence-electron chi connectivity index (χ2n) is 9.90. The first kappa shape index (κ1) is 23.3. The van der Waals surface area contributed by atoms with E-state index in [2.05, 4.69) is 40.0 Å². The number of hydrogen-bond acceptors (Lipinski definition) is 3. The number of alkyl halides is 1. The number of anilines is 1. The maximum atomic E-state index is 4.72. The highest BCUT2D eigenvalue weighted by Crippen LogP contribution is 2.35. The van der Waals surface area contributed by atoms with Gasteiger partial charge in [0.05, 0.1) is 11.2 Å². The fourth-order valence-electron chi connectivity index (χ4n) is 5.53. The first-order valence-electron chi connectivity index (χ1n) is 12.9. The minimum Gasteiger partial charge on any atom is -0.380 e. The maximum Gasteiger partial charge on any atom is 0.112 e. The first-order chi connectivity index (χ1) is 15.3. The summed E-state index contributed by atoms with van der Waals surface area (Å²) in [6, 6.07) is 5.36. The highest BCUT2D eigenvalue weighted by atomic mass is 127. The first-order valence-corrected chi connectivity index (χ1v) is 14.2. The van der Waals surface area contributed by atoms with Crippen LogP contribution < -0.4 is 5.32 Å². The molecule has 4 rings (SSSR count). The molecule has 0 saturated heterocycles. The summed E-state index contributed by atoms with van der Waals surface area (Å²) in [6.07, 6.45) is 25.6. The summed E-state index contributed by atoms with van der Waals surface area (Å²) in [4.78, 5) is 9.43. The Labute approximate surface area is 202 Å². The van der Waals surface area contributed by atoms with Crippen molar-refractivity contribution in [3.05, 3.63) is 30.1 Å². The molecule has 3 nitrogen and oxygen atoms in total. The van der Waals surface area contributed by atoms with Crippen molar-refractivity contribution < 1.29 is 0 Å². The molecule has 170 valence electrons. The van der Waals surface area contributed by atoms with Crippen molar-refractivity contribution in [2.75, 3.05) is 5.32 Å². The zero-order chi connectivity index (χ0) is 21.3. The molecule has 0 spiro atoms. The monoisotopic (exact) mass is 533 g/mol. The van der Waals surface area contributed by atoms with Crippen LogP contribution in [0.5, 0.6) is 0 Å². The quantitative estimate of drug-likeness (QED) is 0.317. The zero-order valence-electron chi connectivity index (χ0n) is 19.1. The molecular formula is C27H40IN3. The largest absolute Gasteiger partial charge is 0.380 e. The van der Waals surface area contributed by atoms with Crippen LogP contribution in [0.3, 0.4) is 0 Å². The predicted molar refractivity (Wildman–Crippen MR) is 141 cm³/mol. The Morgan fingerprint density at radius 3 is 1.90 bits per heavy atom. The lowest BCUT2D eigenvalue weighted by Crippen LogP contribution is -2.26. The number of hydrogen-bond donors (Lipinski definition) is 1.